The molecule has 0 saturated carbocycles. The quantitative estimate of drug-likeness (QED) is 0.809. The Morgan fingerprint density at radius 3 is 2.52 bits per heavy atom. The molecule has 0 atom stereocenters. The number of ether oxygens (including phenoxy) is 2. The van der Waals surface area contributed by atoms with E-state index < -0.39 is 5.79 Å². The van der Waals surface area contributed by atoms with Gasteiger partial charge in [0.1, 0.15) is 0 Å². The van der Waals surface area contributed by atoms with Crippen LogP contribution in [-0.4, -0.2) is 52.7 Å². The molecule has 0 aliphatic carbocycles. The number of hydrogen-bond acceptors (Lipinski definition) is 4. The third-order valence-electron chi connectivity index (χ3n) is 5.50. The van der Waals surface area contributed by atoms with E-state index in [9.17, 15) is 4.79 Å². The minimum absolute atomic E-state index is 0.0308. The Labute approximate surface area is 164 Å². The van der Waals surface area contributed by atoms with Crippen LogP contribution in [0.3, 0.4) is 0 Å². The summed E-state index contributed by atoms with van der Waals surface area (Å²) in [6, 6.07) is 7.70. The van der Waals surface area contributed by atoms with Gasteiger partial charge in [-0.05, 0) is 25.5 Å². The summed E-state index contributed by atoms with van der Waals surface area (Å²) in [6.07, 6.45) is 1.43. The lowest BCUT2D eigenvalue weighted by Crippen LogP contribution is -2.47. The van der Waals surface area contributed by atoms with Crippen molar-refractivity contribution in [3.05, 3.63) is 51.8 Å². The highest BCUT2D eigenvalue weighted by molar-refractivity contribution is 6.31. The number of halogens is 1. The van der Waals surface area contributed by atoms with E-state index in [-0.39, 0.29) is 5.91 Å². The van der Waals surface area contributed by atoms with Gasteiger partial charge in [0, 0.05) is 36.6 Å². The Kier molecular flexibility index (Phi) is 4.97. The Hall–Kier alpha value is -1.89. The first kappa shape index (κ1) is 18.5. The lowest BCUT2D eigenvalue weighted by Gasteiger charge is -2.37. The molecule has 3 heterocycles. The molecule has 2 aliphatic heterocycles. The van der Waals surface area contributed by atoms with Crippen LogP contribution in [0, 0.1) is 13.8 Å². The first-order chi connectivity index (χ1) is 13.0. The zero-order chi connectivity index (χ0) is 19.0. The molecule has 0 radical (unpaired) electrons. The number of amides is 1. The summed E-state index contributed by atoms with van der Waals surface area (Å²) in [6.45, 7) is 6.92. The summed E-state index contributed by atoms with van der Waals surface area (Å²) in [5, 5.41) is 5.30. The van der Waals surface area contributed by atoms with Crippen molar-refractivity contribution in [2.75, 3.05) is 26.3 Å². The molecule has 1 spiro atoms. The Bertz CT molecular complexity index is 848. The van der Waals surface area contributed by atoms with Crippen molar-refractivity contribution >= 4 is 17.5 Å². The van der Waals surface area contributed by atoms with Crippen LogP contribution in [0.1, 0.15) is 40.2 Å². The normalized spacial score (nSPS) is 19.0. The van der Waals surface area contributed by atoms with Gasteiger partial charge in [0.05, 0.1) is 31.0 Å². The number of likely N-dealkylation sites (tertiary alicyclic amines) is 1. The number of carbonyl (C=O) groups excluding carboxylic acids is 1. The summed E-state index contributed by atoms with van der Waals surface area (Å²) in [7, 11) is 0. The fourth-order valence-corrected chi connectivity index (χ4v) is 4.14. The number of piperidine rings is 1. The highest BCUT2D eigenvalue weighted by atomic mass is 35.5. The van der Waals surface area contributed by atoms with Crippen LogP contribution in [0.5, 0.6) is 0 Å². The molecule has 0 unspecified atom stereocenters. The van der Waals surface area contributed by atoms with Gasteiger partial charge in [0.15, 0.2) is 5.79 Å². The van der Waals surface area contributed by atoms with E-state index in [1.807, 2.05) is 47.7 Å². The molecule has 1 aromatic heterocycles. The summed E-state index contributed by atoms with van der Waals surface area (Å²) >= 11 is 6.28. The average Bonchev–Trinajstić information content (AvgIpc) is 3.22. The molecule has 0 N–H and O–H groups in total. The third-order valence-corrected chi connectivity index (χ3v) is 5.87. The van der Waals surface area contributed by atoms with Gasteiger partial charge >= 0.3 is 0 Å². The van der Waals surface area contributed by atoms with E-state index in [0.717, 1.165) is 17.0 Å². The third kappa shape index (κ3) is 3.49. The van der Waals surface area contributed by atoms with Crippen molar-refractivity contribution < 1.29 is 14.3 Å². The predicted molar refractivity (Wildman–Crippen MR) is 102 cm³/mol. The van der Waals surface area contributed by atoms with E-state index in [1.165, 1.54) is 0 Å². The fraction of sp³-hybridized carbons (Fsp3) is 0.500. The van der Waals surface area contributed by atoms with Gasteiger partial charge in [-0.15, -0.1) is 0 Å². The minimum Gasteiger partial charge on any atom is -0.347 e. The molecule has 0 bridgehead atoms. The smallest absolute Gasteiger partial charge is 0.257 e. The monoisotopic (exact) mass is 389 g/mol. The first-order valence-corrected chi connectivity index (χ1v) is 9.71. The second-order valence-corrected chi connectivity index (χ2v) is 7.60. The maximum atomic E-state index is 13.1. The number of aryl methyl sites for hydroxylation is 1. The number of hydrogen-bond donors (Lipinski definition) is 0. The molecule has 27 heavy (non-hydrogen) atoms. The largest absolute Gasteiger partial charge is 0.347 e. The van der Waals surface area contributed by atoms with E-state index in [0.29, 0.717) is 56.3 Å². The van der Waals surface area contributed by atoms with Crippen molar-refractivity contribution in [1.82, 2.24) is 14.7 Å². The highest BCUT2D eigenvalue weighted by Crippen LogP contribution is 2.32. The average molecular weight is 390 g/mol. The van der Waals surface area contributed by atoms with Crippen LogP contribution in [0.25, 0.3) is 0 Å². The van der Waals surface area contributed by atoms with Gasteiger partial charge in [-0.25, -0.2) is 0 Å². The van der Waals surface area contributed by atoms with E-state index in [2.05, 4.69) is 5.10 Å². The standard InChI is InChI=1S/C20H24ClN3O3/c1-14-18(15(2)24(22-14)13-16-5-3-4-6-17(16)21)19(25)23-9-7-20(8-10-23)26-11-12-27-20/h3-6H,7-13H2,1-2H3. The number of benzene rings is 1. The molecular weight excluding hydrogens is 366 g/mol. The van der Waals surface area contributed by atoms with Gasteiger partial charge in [0.25, 0.3) is 5.91 Å². The van der Waals surface area contributed by atoms with Gasteiger partial charge in [0.2, 0.25) is 0 Å². The highest BCUT2D eigenvalue weighted by Gasteiger charge is 2.41. The molecule has 1 aromatic carbocycles. The SMILES string of the molecule is Cc1nn(Cc2ccccc2Cl)c(C)c1C(=O)N1CCC2(CC1)OCCO2. The Balaban J connectivity index is 1.51. The van der Waals surface area contributed by atoms with E-state index in [4.69, 9.17) is 21.1 Å². The topological polar surface area (TPSA) is 56.6 Å². The fourth-order valence-electron chi connectivity index (χ4n) is 3.94. The molecule has 4 rings (SSSR count). The van der Waals surface area contributed by atoms with Crippen LogP contribution >= 0.6 is 11.6 Å². The molecule has 6 nitrogen and oxygen atoms in total. The molecule has 2 aliphatic rings. The molecular formula is C20H24ClN3O3. The van der Waals surface area contributed by atoms with E-state index >= 15 is 0 Å². The lowest BCUT2D eigenvalue weighted by atomic mass is 10.0. The Morgan fingerprint density at radius 2 is 1.85 bits per heavy atom. The van der Waals surface area contributed by atoms with Crippen LogP contribution < -0.4 is 0 Å². The zero-order valence-corrected chi connectivity index (χ0v) is 16.5. The van der Waals surface area contributed by atoms with Crippen molar-refractivity contribution in [2.45, 2.75) is 39.0 Å². The lowest BCUT2D eigenvalue weighted by molar-refractivity contribution is -0.181. The number of nitrogens with zero attached hydrogens (tertiary/aromatic N) is 3. The second kappa shape index (κ2) is 7.26. The summed E-state index contributed by atoms with van der Waals surface area (Å²) in [5.41, 5.74) is 3.29. The molecule has 7 heteroatoms. The number of rotatable bonds is 3. The molecule has 2 fully saturated rings. The van der Waals surface area contributed by atoms with Gasteiger partial charge in [-0.3, -0.25) is 9.48 Å². The minimum atomic E-state index is -0.477. The van der Waals surface area contributed by atoms with Gasteiger partial charge in [-0.2, -0.15) is 5.10 Å². The number of aromatic nitrogens is 2. The van der Waals surface area contributed by atoms with Crippen LogP contribution in [0.4, 0.5) is 0 Å². The molecule has 2 saturated heterocycles. The summed E-state index contributed by atoms with van der Waals surface area (Å²) in [5.74, 6) is -0.446. The van der Waals surface area contributed by atoms with Gasteiger partial charge in [-0.1, -0.05) is 29.8 Å². The molecule has 144 valence electrons. The zero-order valence-electron chi connectivity index (χ0n) is 15.7. The van der Waals surface area contributed by atoms with Crippen LogP contribution in [0.2, 0.25) is 5.02 Å². The molecule has 1 amide bonds. The van der Waals surface area contributed by atoms with Crippen molar-refractivity contribution in [1.29, 1.82) is 0 Å². The van der Waals surface area contributed by atoms with Crippen LogP contribution in [0.15, 0.2) is 24.3 Å². The second-order valence-electron chi connectivity index (χ2n) is 7.19. The number of carbonyl (C=O) groups is 1. The van der Waals surface area contributed by atoms with Crippen molar-refractivity contribution in [3.63, 3.8) is 0 Å². The van der Waals surface area contributed by atoms with Crippen molar-refractivity contribution in [3.8, 4) is 0 Å². The summed E-state index contributed by atoms with van der Waals surface area (Å²) in [4.78, 5) is 15.0. The van der Waals surface area contributed by atoms with Gasteiger partial charge < -0.3 is 14.4 Å². The first-order valence-electron chi connectivity index (χ1n) is 9.34. The predicted octanol–water partition coefficient (Wildman–Crippen LogP) is 3.18. The van der Waals surface area contributed by atoms with E-state index in [1.54, 1.807) is 0 Å². The molecule has 2 aromatic rings. The van der Waals surface area contributed by atoms with Crippen molar-refractivity contribution in [2.24, 2.45) is 0 Å². The van der Waals surface area contributed by atoms with Crippen LogP contribution in [-0.2, 0) is 16.0 Å². The maximum absolute atomic E-state index is 13.1. The maximum Gasteiger partial charge on any atom is 0.257 e. The Morgan fingerprint density at radius 1 is 1.19 bits per heavy atom. The summed E-state index contributed by atoms with van der Waals surface area (Å²) < 4.78 is 13.4.